The van der Waals surface area contributed by atoms with Crippen molar-refractivity contribution in [3.8, 4) is 5.75 Å². The summed E-state index contributed by atoms with van der Waals surface area (Å²) in [5.74, 6) is -3.95. The maximum Gasteiger partial charge on any atom is 0.326 e. The molecule has 8 N–H and O–H groups in total. The van der Waals surface area contributed by atoms with Crippen molar-refractivity contribution >= 4 is 29.6 Å². The highest BCUT2D eigenvalue weighted by atomic mass is 16.4. The van der Waals surface area contributed by atoms with Crippen LogP contribution in [0.3, 0.4) is 0 Å². The molecule has 0 saturated carbocycles. The SMILES string of the molecule is CC(C)CC(N)C(=O)NC(CC(N)=O)C(=O)NC(Cc1ccc(O)cc1)C(=O)N1CCCC1C(=O)O. The summed E-state index contributed by atoms with van der Waals surface area (Å²) in [6.45, 7) is 3.97. The Morgan fingerprint density at radius 1 is 1.06 bits per heavy atom. The molecule has 1 saturated heterocycles. The lowest BCUT2D eigenvalue weighted by molar-refractivity contribution is -0.149. The molecular formula is C24H35N5O7. The minimum atomic E-state index is -1.38. The van der Waals surface area contributed by atoms with E-state index in [0.717, 1.165) is 0 Å². The number of aromatic hydroxyl groups is 1. The number of likely N-dealkylation sites (tertiary alicyclic amines) is 1. The molecule has 4 amide bonds. The molecule has 1 fully saturated rings. The molecule has 36 heavy (non-hydrogen) atoms. The number of hydrogen-bond acceptors (Lipinski definition) is 7. The first-order valence-electron chi connectivity index (χ1n) is 11.8. The quantitative estimate of drug-likeness (QED) is 0.212. The number of nitrogens with zero attached hydrogens (tertiary/aromatic N) is 1. The van der Waals surface area contributed by atoms with Crippen molar-refractivity contribution in [2.75, 3.05) is 6.54 Å². The van der Waals surface area contributed by atoms with Gasteiger partial charge in [0, 0.05) is 13.0 Å². The number of carboxylic acids is 1. The van der Waals surface area contributed by atoms with Gasteiger partial charge in [-0.15, -0.1) is 0 Å². The number of phenols is 1. The van der Waals surface area contributed by atoms with Gasteiger partial charge in [0.1, 0.15) is 23.9 Å². The van der Waals surface area contributed by atoms with E-state index >= 15 is 0 Å². The zero-order valence-electron chi connectivity index (χ0n) is 20.5. The molecule has 1 aliphatic heterocycles. The summed E-state index contributed by atoms with van der Waals surface area (Å²) in [7, 11) is 0. The summed E-state index contributed by atoms with van der Waals surface area (Å²) in [5, 5.41) is 24.0. The molecule has 1 aliphatic rings. The smallest absolute Gasteiger partial charge is 0.326 e. The third kappa shape index (κ3) is 8.22. The van der Waals surface area contributed by atoms with Crippen LogP contribution < -0.4 is 22.1 Å². The van der Waals surface area contributed by atoms with Crippen molar-refractivity contribution in [3.05, 3.63) is 29.8 Å². The van der Waals surface area contributed by atoms with Crippen molar-refractivity contribution in [2.45, 2.75) is 70.1 Å². The van der Waals surface area contributed by atoms with Crippen LogP contribution >= 0.6 is 0 Å². The topological polar surface area (TPSA) is 205 Å². The van der Waals surface area contributed by atoms with Crippen LogP contribution in [0.2, 0.25) is 0 Å². The van der Waals surface area contributed by atoms with Crippen molar-refractivity contribution in [1.82, 2.24) is 15.5 Å². The Kier molecular flexibility index (Phi) is 10.2. The van der Waals surface area contributed by atoms with E-state index in [9.17, 15) is 34.2 Å². The molecule has 0 radical (unpaired) electrons. The monoisotopic (exact) mass is 505 g/mol. The van der Waals surface area contributed by atoms with Crippen LogP contribution in [0.15, 0.2) is 24.3 Å². The van der Waals surface area contributed by atoms with Gasteiger partial charge >= 0.3 is 5.97 Å². The van der Waals surface area contributed by atoms with Crippen molar-refractivity contribution < 1.29 is 34.2 Å². The van der Waals surface area contributed by atoms with E-state index in [0.29, 0.717) is 18.4 Å². The Labute approximate surface area is 209 Å². The van der Waals surface area contributed by atoms with Gasteiger partial charge in [-0.2, -0.15) is 0 Å². The maximum atomic E-state index is 13.4. The second-order valence-corrected chi connectivity index (χ2v) is 9.43. The molecule has 0 bridgehead atoms. The second kappa shape index (κ2) is 12.9. The van der Waals surface area contributed by atoms with Gasteiger partial charge in [0.2, 0.25) is 23.6 Å². The number of primary amides is 1. The molecule has 2 rings (SSSR count). The molecule has 4 atom stereocenters. The van der Waals surface area contributed by atoms with Crippen LogP contribution in [-0.2, 0) is 30.4 Å². The summed E-state index contributed by atoms with van der Waals surface area (Å²) < 4.78 is 0. The van der Waals surface area contributed by atoms with Crippen LogP contribution in [-0.4, -0.2) is 75.4 Å². The standard InChI is InChI=1S/C24H35N5O7/c1-13(2)10-16(25)21(32)27-17(12-20(26)31)22(33)28-18(11-14-5-7-15(30)8-6-14)23(34)29-9-3-4-19(29)24(35)36/h5-8,13,16-19,30H,3-4,9-12,25H2,1-2H3,(H2,26,31)(H,27,32)(H,28,33)(H,35,36). The second-order valence-electron chi connectivity index (χ2n) is 9.43. The molecular weight excluding hydrogens is 470 g/mol. The Hall–Kier alpha value is -3.67. The number of phenolic OH excluding ortho intramolecular Hbond substituents is 1. The first-order valence-corrected chi connectivity index (χ1v) is 11.8. The fourth-order valence-corrected chi connectivity index (χ4v) is 4.13. The summed E-state index contributed by atoms with van der Waals surface area (Å²) >= 11 is 0. The van der Waals surface area contributed by atoms with Gasteiger partial charge in [-0.05, 0) is 42.9 Å². The maximum absolute atomic E-state index is 13.4. The van der Waals surface area contributed by atoms with E-state index in [1.54, 1.807) is 12.1 Å². The average Bonchev–Trinajstić information content (AvgIpc) is 3.28. The Bertz CT molecular complexity index is 966. The van der Waals surface area contributed by atoms with Crippen molar-refractivity contribution in [2.24, 2.45) is 17.4 Å². The Morgan fingerprint density at radius 2 is 1.67 bits per heavy atom. The Morgan fingerprint density at radius 3 is 2.22 bits per heavy atom. The van der Waals surface area contributed by atoms with Gasteiger partial charge in [0.05, 0.1) is 12.5 Å². The average molecular weight is 506 g/mol. The number of rotatable bonds is 12. The van der Waals surface area contributed by atoms with E-state index in [1.165, 1.54) is 17.0 Å². The lowest BCUT2D eigenvalue weighted by Gasteiger charge is -2.29. The molecule has 1 aromatic rings. The third-order valence-corrected chi connectivity index (χ3v) is 5.91. The molecule has 1 aromatic carbocycles. The van der Waals surface area contributed by atoms with Crippen LogP contribution in [0.1, 0.15) is 45.1 Å². The van der Waals surface area contributed by atoms with E-state index < -0.39 is 60.2 Å². The molecule has 0 spiro atoms. The van der Waals surface area contributed by atoms with Gasteiger partial charge < -0.3 is 37.2 Å². The fourth-order valence-electron chi connectivity index (χ4n) is 4.13. The molecule has 0 aromatic heterocycles. The molecule has 4 unspecified atom stereocenters. The summed E-state index contributed by atoms with van der Waals surface area (Å²) in [4.78, 5) is 63.5. The lowest BCUT2D eigenvalue weighted by Crippen LogP contribution is -2.58. The predicted octanol–water partition coefficient (Wildman–Crippen LogP) is -0.771. The van der Waals surface area contributed by atoms with E-state index in [2.05, 4.69) is 10.6 Å². The van der Waals surface area contributed by atoms with Gasteiger partial charge in [-0.3, -0.25) is 19.2 Å². The number of aliphatic carboxylic acids is 1. The van der Waals surface area contributed by atoms with Gasteiger partial charge in [-0.1, -0.05) is 26.0 Å². The molecule has 12 heteroatoms. The number of nitrogens with two attached hydrogens (primary N) is 2. The molecule has 1 heterocycles. The first kappa shape index (κ1) is 28.6. The summed E-state index contributed by atoms with van der Waals surface area (Å²) in [5.41, 5.74) is 11.8. The molecule has 198 valence electrons. The van der Waals surface area contributed by atoms with E-state index in [4.69, 9.17) is 11.5 Å². The summed E-state index contributed by atoms with van der Waals surface area (Å²) in [6, 6.07) is 1.45. The van der Waals surface area contributed by atoms with Crippen LogP contribution in [0.4, 0.5) is 0 Å². The largest absolute Gasteiger partial charge is 0.508 e. The first-order chi connectivity index (χ1) is 16.9. The van der Waals surface area contributed by atoms with Gasteiger partial charge in [0.25, 0.3) is 0 Å². The number of hydrogen-bond donors (Lipinski definition) is 6. The predicted molar refractivity (Wildman–Crippen MR) is 129 cm³/mol. The number of carboxylic acid groups (broad SMARTS) is 1. The van der Waals surface area contributed by atoms with E-state index in [1.807, 2.05) is 13.8 Å². The zero-order valence-corrected chi connectivity index (χ0v) is 20.5. The highest BCUT2D eigenvalue weighted by Gasteiger charge is 2.38. The number of nitrogens with one attached hydrogen (secondary N) is 2. The van der Waals surface area contributed by atoms with Crippen molar-refractivity contribution in [3.63, 3.8) is 0 Å². The van der Waals surface area contributed by atoms with Crippen LogP contribution in [0, 0.1) is 5.92 Å². The number of carbonyl (C=O) groups excluding carboxylic acids is 4. The van der Waals surface area contributed by atoms with Crippen LogP contribution in [0.25, 0.3) is 0 Å². The number of benzene rings is 1. The highest BCUT2D eigenvalue weighted by Crippen LogP contribution is 2.20. The van der Waals surface area contributed by atoms with Gasteiger partial charge in [-0.25, -0.2) is 4.79 Å². The normalized spacial score (nSPS) is 17.8. The summed E-state index contributed by atoms with van der Waals surface area (Å²) in [6.07, 6.45) is 0.599. The molecule has 12 nitrogen and oxygen atoms in total. The minimum Gasteiger partial charge on any atom is -0.508 e. The van der Waals surface area contributed by atoms with Crippen molar-refractivity contribution in [1.29, 1.82) is 0 Å². The highest BCUT2D eigenvalue weighted by molar-refractivity contribution is 5.96. The molecule has 0 aliphatic carbocycles. The fraction of sp³-hybridized carbons (Fsp3) is 0.542. The zero-order chi connectivity index (χ0) is 27.0. The van der Waals surface area contributed by atoms with Crippen LogP contribution in [0.5, 0.6) is 5.75 Å². The minimum absolute atomic E-state index is 0.0121. The lowest BCUT2D eigenvalue weighted by atomic mass is 10.0. The number of amides is 4. The number of carbonyl (C=O) groups is 5. The Balaban J connectivity index is 2.27. The van der Waals surface area contributed by atoms with E-state index in [-0.39, 0.29) is 31.1 Å². The van der Waals surface area contributed by atoms with Gasteiger partial charge in [0.15, 0.2) is 0 Å². The third-order valence-electron chi connectivity index (χ3n) is 5.91.